The molecule has 0 unspecified atom stereocenters. The average molecular weight is 251 g/mol. The Kier molecular flexibility index (Phi) is 2.63. The molecule has 0 radical (unpaired) electrons. The summed E-state index contributed by atoms with van der Waals surface area (Å²) < 4.78 is 14.8. The van der Waals surface area contributed by atoms with E-state index in [1.165, 1.54) is 25.0 Å². The second-order valence-electron chi connectivity index (χ2n) is 4.45. The second-order valence-corrected chi connectivity index (χ2v) is 4.84. The molecule has 1 aliphatic carbocycles. The lowest BCUT2D eigenvalue weighted by molar-refractivity contribution is 0.618. The Hall–Kier alpha value is -1.35. The van der Waals surface area contributed by atoms with Crippen molar-refractivity contribution in [1.82, 2.24) is 9.78 Å². The first-order valence-corrected chi connectivity index (χ1v) is 6.08. The van der Waals surface area contributed by atoms with Crippen LogP contribution in [0.25, 0.3) is 0 Å². The molecule has 4 heteroatoms. The number of hydrogen-bond donors (Lipinski definition) is 0. The van der Waals surface area contributed by atoms with Gasteiger partial charge in [-0.25, -0.2) is 9.07 Å². The summed E-state index contributed by atoms with van der Waals surface area (Å²) in [4.78, 5) is 0. The van der Waals surface area contributed by atoms with Crippen molar-refractivity contribution in [2.75, 3.05) is 0 Å². The van der Waals surface area contributed by atoms with Gasteiger partial charge in [-0.1, -0.05) is 23.7 Å². The van der Waals surface area contributed by atoms with E-state index in [-0.39, 0.29) is 5.82 Å². The molecule has 1 aromatic heterocycles. The normalized spacial score (nSPS) is 15.2. The summed E-state index contributed by atoms with van der Waals surface area (Å²) in [6.07, 6.45) is 2.40. The summed E-state index contributed by atoms with van der Waals surface area (Å²) in [5.41, 5.74) is 1.93. The fourth-order valence-corrected chi connectivity index (χ4v) is 2.12. The van der Waals surface area contributed by atoms with Crippen LogP contribution in [0.5, 0.6) is 0 Å². The van der Waals surface area contributed by atoms with Gasteiger partial charge >= 0.3 is 0 Å². The number of hydrogen-bond acceptors (Lipinski definition) is 1. The van der Waals surface area contributed by atoms with Crippen LogP contribution in [0.2, 0.25) is 5.15 Å². The van der Waals surface area contributed by atoms with Crippen molar-refractivity contribution in [3.05, 3.63) is 52.6 Å². The lowest BCUT2D eigenvalue weighted by Gasteiger charge is -2.03. The Balaban J connectivity index is 1.84. The maximum absolute atomic E-state index is 13.1. The van der Waals surface area contributed by atoms with Crippen LogP contribution in [0.3, 0.4) is 0 Å². The SMILES string of the molecule is Fc1cccc(Cn2nc(C3CC3)cc2Cl)c1. The van der Waals surface area contributed by atoms with E-state index in [4.69, 9.17) is 11.6 Å². The standard InChI is InChI=1S/C13H12ClFN2/c14-13-7-12(10-4-5-10)16-17(13)8-9-2-1-3-11(15)6-9/h1-3,6-7,10H,4-5,8H2. The lowest BCUT2D eigenvalue weighted by Crippen LogP contribution is -2.02. The molecule has 1 heterocycles. The molecule has 0 saturated heterocycles. The highest BCUT2D eigenvalue weighted by molar-refractivity contribution is 6.29. The Morgan fingerprint density at radius 3 is 2.88 bits per heavy atom. The van der Waals surface area contributed by atoms with Gasteiger partial charge in [-0.05, 0) is 36.6 Å². The minimum absolute atomic E-state index is 0.229. The van der Waals surface area contributed by atoms with E-state index in [9.17, 15) is 4.39 Å². The van der Waals surface area contributed by atoms with Crippen molar-refractivity contribution >= 4 is 11.6 Å². The van der Waals surface area contributed by atoms with Crippen LogP contribution < -0.4 is 0 Å². The smallest absolute Gasteiger partial charge is 0.127 e. The maximum atomic E-state index is 13.1. The molecule has 0 spiro atoms. The van der Waals surface area contributed by atoms with Crippen molar-refractivity contribution in [1.29, 1.82) is 0 Å². The number of halogens is 2. The van der Waals surface area contributed by atoms with Gasteiger partial charge in [-0.2, -0.15) is 5.10 Å². The quantitative estimate of drug-likeness (QED) is 0.814. The summed E-state index contributed by atoms with van der Waals surface area (Å²) in [6.45, 7) is 0.517. The van der Waals surface area contributed by atoms with Crippen LogP contribution in [-0.2, 0) is 6.54 Å². The largest absolute Gasteiger partial charge is 0.249 e. The predicted molar refractivity (Wildman–Crippen MR) is 64.7 cm³/mol. The molecule has 1 fully saturated rings. The molecule has 0 N–H and O–H groups in total. The van der Waals surface area contributed by atoms with Crippen LogP contribution >= 0.6 is 11.6 Å². The number of benzene rings is 1. The summed E-state index contributed by atoms with van der Waals surface area (Å²) in [6, 6.07) is 8.43. The van der Waals surface area contributed by atoms with E-state index >= 15 is 0 Å². The van der Waals surface area contributed by atoms with Gasteiger partial charge in [0.15, 0.2) is 0 Å². The maximum Gasteiger partial charge on any atom is 0.127 e. The van der Waals surface area contributed by atoms with E-state index in [2.05, 4.69) is 5.10 Å². The third-order valence-electron chi connectivity index (χ3n) is 2.97. The van der Waals surface area contributed by atoms with Gasteiger partial charge < -0.3 is 0 Å². The third kappa shape index (κ3) is 2.34. The van der Waals surface area contributed by atoms with Crippen LogP contribution in [0, 0.1) is 5.82 Å². The molecule has 0 atom stereocenters. The molecule has 1 saturated carbocycles. The highest BCUT2D eigenvalue weighted by atomic mass is 35.5. The van der Waals surface area contributed by atoms with Crippen LogP contribution in [-0.4, -0.2) is 9.78 Å². The van der Waals surface area contributed by atoms with Crippen molar-refractivity contribution < 1.29 is 4.39 Å². The van der Waals surface area contributed by atoms with Gasteiger partial charge in [0.2, 0.25) is 0 Å². The number of aromatic nitrogens is 2. The van der Waals surface area contributed by atoms with Crippen molar-refractivity contribution in [2.24, 2.45) is 0 Å². The topological polar surface area (TPSA) is 17.8 Å². The van der Waals surface area contributed by atoms with Crippen LogP contribution in [0.1, 0.15) is 30.0 Å². The Morgan fingerprint density at radius 1 is 1.35 bits per heavy atom. The van der Waals surface area contributed by atoms with Gasteiger partial charge in [0.1, 0.15) is 11.0 Å². The molecule has 1 aliphatic rings. The summed E-state index contributed by atoms with van der Waals surface area (Å²) >= 11 is 6.11. The first-order chi connectivity index (χ1) is 8.22. The van der Waals surface area contributed by atoms with E-state index in [1.54, 1.807) is 10.7 Å². The van der Waals surface area contributed by atoms with Crippen LogP contribution in [0.15, 0.2) is 30.3 Å². The minimum Gasteiger partial charge on any atom is -0.249 e. The number of rotatable bonds is 3. The van der Waals surface area contributed by atoms with E-state index < -0.39 is 0 Å². The Morgan fingerprint density at radius 2 is 2.18 bits per heavy atom. The predicted octanol–water partition coefficient (Wildman–Crippen LogP) is 3.60. The number of nitrogens with zero attached hydrogens (tertiary/aromatic N) is 2. The Labute approximate surface area is 104 Å². The molecule has 1 aromatic carbocycles. The minimum atomic E-state index is -0.229. The Bertz CT molecular complexity index is 546. The van der Waals surface area contributed by atoms with E-state index in [0.717, 1.165) is 11.3 Å². The zero-order valence-electron chi connectivity index (χ0n) is 9.24. The van der Waals surface area contributed by atoms with Gasteiger partial charge in [0.05, 0.1) is 12.2 Å². The fraction of sp³-hybridized carbons (Fsp3) is 0.308. The van der Waals surface area contributed by atoms with Crippen molar-refractivity contribution in [2.45, 2.75) is 25.3 Å². The van der Waals surface area contributed by atoms with Crippen LogP contribution in [0.4, 0.5) is 4.39 Å². The van der Waals surface area contributed by atoms with Gasteiger partial charge in [0, 0.05) is 5.92 Å². The molecule has 17 heavy (non-hydrogen) atoms. The van der Waals surface area contributed by atoms with Gasteiger partial charge in [-0.15, -0.1) is 0 Å². The fourth-order valence-electron chi connectivity index (χ4n) is 1.91. The van der Waals surface area contributed by atoms with Gasteiger partial charge in [-0.3, -0.25) is 0 Å². The molecule has 2 aromatic rings. The zero-order chi connectivity index (χ0) is 11.8. The molecule has 0 aliphatic heterocycles. The third-order valence-corrected chi connectivity index (χ3v) is 3.27. The summed E-state index contributed by atoms with van der Waals surface area (Å²) in [5, 5.41) is 5.08. The molecule has 88 valence electrons. The van der Waals surface area contributed by atoms with Crippen molar-refractivity contribution in [3.8, 4) is 0 Å². The van der Waals surface area contributed by atoms with Gasteiger partial charge in [0.25, 0.3) is 0 Å². The molecular formula is C13H12ClFN2. The molecule has 3 rings (SSSR count). The first-order valence-electron chi connectivity index (χ1n) is 5.70. The summed E-state index contributed by atoms with van der Waals surface area (Å²) in [7, 11) is 0. The molecular weight excluding hydrogens is 239 g/mol. The van der Waals surface area contributed by atoms with Crippen molar-refractivity contribution in [3.63, 3.8) is 0 Å². The summed E-state index contributed by atoms with van der Waals surface area (Å²) in [5.74, 6) is 0.356. The highest BCUT2D eigenvalue weighted by Gasteiger charge is 2.26. The highest BCUT2D eigenvalue weighted by Crippen LogP contribution is 2.40. The molecule has 0 amide bonds. The zero-order valence-corrected chi connectivity index (χ0v) is 9.99. The average Bonchev–Trinajstić information content (AvgIpc) is 3.06. The second kappa shape index (κ2) is 4.15. The van der Waals surface area contributed by atoms with E-state index in [1.807, 2.05) is 12.1 Å². The molecule has 2 nitrogen and oxygen atoms in total. The monoisotopic (exact) mass is 250 g/mol. The molecule has 0 bridgehead atoms. The first kappa shape index (κ1) is 10.8. The van der Waals surface area contributed by atoms with E-state index in [0.29, 0.717) is 17.6 Å². The lowest BCUT2D eigenvalue weighted by atomic mass is 10.2.